The van der Waals surface area contributed by atoms with E-state index in [1.54, 1.807) is 0 Å². The van der Waals surface area contributed by atoms with Crippen LogP contribution in [-0.2, 0) is 4.74 Å². The van der Waals surface area contributed by atoms with Gasteiger partial charge in [0, 0.05) is 31.9 Å². The van der Waals surface area contributed by atoms with Crippen LogP contribution in [0.1, 0.15) is 6.92 Å². The maximum Gasteiger partial charge on any atom is 0.142 e. The average molecular weight is 206 g/mol. The Labute approximate surface area is 91.0 Å². The maximum absolute atomic E-state index is 5.71. The molecule has 1 aliphatic heterocycles. The highest BCUT2D eigenvalue weighted by Crippen LogP contribution is 2.18. The topological polar surface area (TPSA) is 24.5 Å². The lowest BCUT2D eigenvalue weighted by molar-refractivity contribution is 0.0519. The number of nitrogens with one attached hydrogen (secondary N) is 1. The van der Waals surface area contributed by atoms with Crippen molar-refractivity contribution in [3.8, 4) is 0 Å². The Bertz CT molecular complexity index is 287. The zero-order chi connectivity index (χ0) is 10.5. The first-order valence-corrected chi connectivity index (χ1v) is 5.56. The van der Waals surface area contributed by atoms with E-state index < -0.39 is 0 Å². The Morgan fingerprint density at radius 2 is 2.20 bits per heavy atom. The molecule has 1 aromatic carbocycles. The van der Waals surface area contributed by atoms with Gasteiger partial charge in [-0.15, -0.1) is 0 Å². The summed E-state index contributed by atoms with van der Waals surface area (Å²) in [6.07, 6.45) is 0.172. The molecule has 3 heteroatoms. The zero-order valence-electron chi connectivity index (χ0n) is 9.15. The molecule has 1 aliphatic rings. The van der Waals surface area contributed by atoms with Crippen molar-refractivity contribution < 1.29 is 4.74 Å². The van der Waals surface area contributed by atoms with Gasteiger partial charge >= 0.3 is 0 Å². The molecule has 15 heavy (non-hydrogen) atoms. The van der Waals surface area contributed by atoms with Gasteiger partial charge in [0.05, 0.1) is 0 Å². The molecule has 1 atom stereocenters. The summed E-state index contributed by atoms with van der Waals surface area (Å²) in [7, 11) is 0. The summed E-state index contributed by atoms with van der Waals surface area (Å²) < 4.78 is 5.71. The van der Waals surface area contributed by atoms with E-state index in [4.69, 9.17) is 4.74 Å². The standard InChI is InChI=1S/C12H18N2O/c1-2-15-12-10-13-8-9-14(12)11-6-4-3-5-7-11/h3-7,12-13H,2,8-10H2,1H3. The molecule has 1 heterocycles. The minimum atomic E-state index is 0.172. The molecular weight excluding hydrogens is 188 g/mol. The van der Waals surface area contributed by atoms with Gasteiger partial charge in [-0.05, 0) is 19.1 Å². The number of hydrogen-bond donors (Lipinski definition) is 1. The molecule has 1 unspecified atom stereocenters. The Hall–Kier alpha value is -1.06. The van der Waals surface area contributed by atoms with E-state index in [2.05, 4.69) is 34.5 Å². The van der Waals surface area contributed by atoms with E-state index in [1.165, 1.54) is 5.69 Å². The van der Waals surface area contributed by atoms with Crippen molar-refractivity contribution in [1.82, 2.24) is 5.32 Å². The highest BCUT2D eigenvalue weighted by molar-refractivity contribution is 5.47. The molecule has 0 aromatic heterocycles. The van der Waals surface area contributed by atoms with Crippen molar-refractivity contribution in [3.63, 3.8) is 0 Å². The summed E-state index contributed by atoms with van der Waals surface area (Å²) in [5, 5.41) is 3.35. The van der Waals surface area contributed by atoms with Gasteiger partial charge in [0.1, 0.15) is 6.23 Å². The van der Waals surface area contributed by atoms with Crippen LogP contribution < -0.4 is 10.2 Å². The first-order chi connectivity index (χ1) is 7.42. The number of rotatable bonds is 3. The number of benzene rings is 1. The number of hydrogen-bond acceptors (Lipinski definition) is 3. The van der Waals surface area contributed by atoms with Gasteiger partial charge < -0.3 is 15.0 Å². The second-order valence-electron chi connectivity index (χ2n) is 3.64. The van der Waals surface area contributed by atoms with Crippen LogP contribution >= 0.6 is 0 Å². The SMILES string of the molecule is CCOC1CNCCN1c1ccccc1. The van der Waals surface area contributed by atoms with Crippen LogP contribution in [0.15, 0.2) is 30.3 Å². The van der Waals surface area contributed by atoms with Crippen molar-refractivity contribution >= 4 is 5.69 Å². The van der Waals surface area contributed by atoms with Crippen LogP contribution in [0.5, 0.6) is 0 Å². The molecule has 2 rings (SSSR count). The second kappa shape index (κ2) is 5.14. The predicted octanol–water partition coefficient (Wildman–Crippen LogP) is 1.46. The van der Waals surface area contributed by atoms with Crippen LogP contribution in [0.4, 0.5) is 5.69 Å². The van der Waals surface area contributed by atoms with E-state index >= 15 is 0 Å². The fourth-order valence-electron chi connectivity index (χ4n) is 1.94. The highest BCUT2D eigenvalue weighted by Gasteiger charge is 2.21. The summed E-state index contributed by atoms with van der Waals surface area (Å²) in [5.74, 6) is 0. The largest absolute Gasteiger partial charge is 0.357 e. The number of piperazine rings is 1. The molecule has 3 nitrogen and oxygen atoms in total. The van der Waals surface area contributed by atoms with Gasteiger partial charge in [0.25, 0.3) is 0 Å². The zero-order valence-corrected chi connectivity index (χ0v) is 9.15. The molecular formula is C12H18N2O. The van der Waals surface area contributed by atoms with E-state index in [0.717, 1.165) is 26.2 Å². The Morgan fingerprint density at radius 1 is 1.40 bits per heavy atom. The second-order valence-corrected chi connectivity index (χ2v) is 3.64. The molecule has 0 bridgehead atoms. The van der Waals surface area contributed by atoms with Crippen molar-refractivity contribution in [2.45, 2.75) is 13.2 Å². The summed E-state index contributed by atoms with van der Waals surface area (Å²) in [5.41, 5.74) is 1.25. The van der Waals surface area contributed by atoms with Gasteiger partial charge in [0.2, 0.25) is 0 Å². The summed E-state index contributed by atoms with van der Waals surface area (Å²) in [6, 6.07) is 10.5. The van der Waals surface area contributed by atoms with Gasteiger partial charge in [-0.3, -0.25) is 0 Å². The molecule has 1 aromatic rings. The number of para-hydroxylation sites is 1. The van der Waals surface area contributed by atoms with Gasteiger partial charge in [-0.2, -0.15) is 0 Å². The smallest absolute Gasteiger partial charge is 0.142 e. The summed E-state index contributed by atoms with van der Waals surface area (Å²) >= 11 is 0. The average Bonchev–Trinajstić information content (AvgIpc) is 2.31. The Morgan fingerprint density at radius 3 is 2.93 bits per heavy atom. The van der Waals surface area contributed by atoms with E-state index in [1.807, 2.05) is 13.0 Å². The van der Waals surface area contributed by atoms with Crippen molar-refractivity contribution in [3.05, 3.63) is 30.3 Å². The molecule has 1 saturated heterocycles. The van der Waals surface area contributed by atoms with Crippen molar-refractivity contribution in [2.24, 2.45) is 0 Å². The Balaban J connectivity index is 2.11. The Kier molecular flexibility index (Phi) is 3.59. The minimum absolute atomic E-state index is 0.172. The van der Waals surface area contributed by atoms with Crippen molar-refractivity contribution in [1.29, 1.82) is 0 Å². The minimum Gasteiger partial charge on any atom is -0.357 e. The molecule has 0 aliphatic carbocycles. The molecule has 0 amide bonds. The van der Waals surface area contributed by atoms with Crippen LogP contribution in [0.25, 0.3) is 0 Å². The van der Waals surface area contributed by atoms with Gasteiger partial charge in [0.15, 0.2) is 0 Å². The lowest BCUT2D eigenvalue weighted by atomic mass is 10.2. The van der Waals surface area contributed by atoms with Gasteiger partial charge in [-0.1, -0.05) is 18.2 Å². The van der Waals surface area contributed by atoms with E-state index in [-0.39, 0.29) is 6.23 Å². The monoisotopic (exact) mass is 206 g/mol. The number of ether oxygens (including phenoxy) is 1. The maximum atomic E-state index is 5.71. The van der Waals surface area contributed by atoms with Crippen LogP contribution in [-0.4, -0.2) is 32.5 Å². The molecule has 82 valence electrons. The lowest BCUT2D eigenvalue weighted by Gasteiger charge is -2.37. The lowest BCUT2D eigenvalue weighted by Crippen LogP contribution is -2.52. The number of anilines is 1. The molecule has 1 N–H and O–H groups in total. The predicted molar refractivity (Wildman–Crippen MR) is 62.1 cm³/mol. The molecule has 0 saturated carbocycles. The molecule has 1 fully saturated rings. The normalized spacial score (nSPS) is 21.7. The first kappa shape index (κ1) is 10.5. The fourth-order valence-corrected chi connectivity index (χ4v) is 1.94. The third kappa shape index (κ3) is 2.49. The third-order valence-corrected chi connectivity index (χ3v) is 2.64. The summed E-state index contributed by atoms with van der Waals surface area (Å²) in [4.78, 5) is 2.32. The number of nitrogens with zero attached hydrogens (tertiary/aromatic N) is 1. The molecule has 0 radical (unpaired) electrons. The summed E-state index contributed by atoms with van der Waals surface area (Å²) in [6.45, 7) is 5.74. The quantitative estimate of drug-likeness (QED) is 0.810. The van der Waals surface area contributed by atoms with Crippen LogP contribution in [0, 0.1) is 0 Å². The highest BCUT2D eigenvalue weighted by atomic mass is 16.5. The first-order valence-electron chi connectivity index (χ1n) is 5.56. The molecule has 0 spiro atoms. The fraction of sp³-hybridized carbons (Fsp3) is 0.500. The van der Waals surface area contributed by atoms with E-state index in [0.29, 0.717) is 0 Å². The third-order valence-electron chi connectivity index (χ3n) is 2.64. The van der Waals surface area contributed by atoms with Gasteiger partial charge in [-0.25, -0.2) is 0 Å². The van der Waals surface area contributed by atoms with Crippen molar-refractivity contribution in [2.75, 3.05) is 31.1 Å². The van der Waals surface area contributed by atoms with E-state index in [9.17, 15) is 0 Å². The van der Waals surface area contributed by atoms with Crippen LogP contribution in [0.2, 0.25) is 0 Å². The van der Waals surface area contributed by atoms with Crippen LogP contribution in [0.3, 0.4) is 0 Å².